The van der Waals surface area contributed by atoms with E-state index in [1.807, 2.05) is 0 Å². The fourth-order valence-electron chi connectivity index (χ4n) is 2.20. The van der Waals surface area contributed by atoms with Crippen molar-refractivity contribution in [3.05, 3.63) is 34.9 Å². The van der Waals surface area contributed by atoms with Crippen molar-refractivity contribution < 1.29 is 14.7 Å². The van der Waals surface area contributed by atoms with E-state index in [1.54, 1.807) is 24.3 Å². The van der Waals surface area contributed by atoms with Crippen LogP contribution in [0.4, 0.5) is 0 Å². The first-order valence-corrected chi connectivity index (χ1v) is 6.22. The Kier molecular flexibility index (Phi) is 3.87. The van der Waals surface area contributed by atoms with E-state index < -0.39 is 12.0 Å². The highest BCUT2D eigenvalue weighted by atomic mass is 35.5. The molecule has 0 spiro atoms. The van der Waals surface area contributed by atoms with Gasteiger partial charge >= 0.3 is 5.97 Å². The fourth-order valence-corrected chi connectivity index (χ4v) is 2.33. The minimum atomic E-state index is -0.919. The number of rotatable bonds is 3. The van der Waals surface area contributed by atoms with Gasteiger partial charge in [0, 0.05) is 11.6 Å². The monoisotopic (exact) mass is 267 g/mol. The second-order valence-corrected chi connectivity index (χ2v) is 4.82. The third kappa shape index (κ3) is 2.82. The molecule has 1 aliphatic rings. The molecule has 0 aliphatic carbocycles. The molecular formula is C13H14ClNO3. The van der Waals surface area contributed by atoms with Crippen molar-refractivity contribution in [3.8, 4) is 0 Å². The first-order valence-electron chi connectivity index (χ1n) is 5.84. The van der Waals surface area contributed by atoms with Crippen molar-refractivity contribution in [2.24, 2.45) is 0 Å². The Labute approximate surface area is 110 Å². The van der Waals surface area contributed by atoms with Gasteiger partial charge in [-0.25, -0.2) is 4.79 Å². The number of carbonyl (C=O) groups excluding carboxylic acids is 1. The summed E-state index contributed by atoms with van der Waals surface area (Å²) in [5.74, 6) is -1.06. The summed E-state index contributed by atoms with van der Waals surface area (Å²) >= 11 is 5.77. The molecule has 1 aromatic carbocycles. The zero-order valence-electron chi connectivity index (χ0n) is 9.80. The number of nitrogens with zero attached hydrogens (tertiary/aromatic N) is 1. The minimum absolute atomic E-state index is 0.137. The Morgan fingerprint density at radius 2 is 2.00 bits per heavy atom. The van der Waals surface area contributed by atoms with E-state index in [4.69, 9.17) is 16.7 Å². The summed E-state index contributed by atoms with van der Waals surface area (Å²) in [6.45, 7) is 0.531. The lowest BCUT2D eigenvalue weighted by molar-refractivity contribution is -0.148. The van der Waals surface area contributed by atoms with Gasteiger partial charge in [0.2, 0.25) is 5.91 Å². The molecule has 1 aromatic rings. The van der Waals surface area contributed by atoms with Crippen molar-refractivity contribution in [1.82, 2.24) is 4.90 Å². The van der Waals surface area contributed by atoms with E-state index in [0.29, 0.717) is 18.0 Å². The predicted molar refractivity (Wildman–Crippen MR) is 67.5 cm³/mol. The smallest absolute Gasteiger partial charge is 0.326 e. The molecule has 18 heavy (non-hydrogen) atoms. The van der Waals surface area contributed by atoms with Crippen LogP contribution in [0.2, 0.25) is 5.02 Å². The third-order valence-corrected chi connectivity index (χ3v) is 3.38. The van der Waals surface area contributed by atoms with Gasteiger partial charge in [-0.2, -0.15) is 0 Å². The number of hydrogen-bond donors (Lipinski definition) is 1. The Balaban J connectivity index is 2.03. The number of carbonyl (C=O) groups is 2. The van der Waals surface area contributed by atoms with E-state index in [2.05, 4.69) is 0 Å². The van der Waals surface area contributed by atoms with Crippen LogP contribution in [0, 0.1) is 0 Å². The van der Waals surface area contributed by atoms with Crippen LogP contribution in [0.1, 0.15) is 18.4 Å². The number of likely N-dealkylation sites (tertiary alicyclic amines) is 1. The van der Waals surface area contributed by atoms with Crippen molar-refractivity contribution in [2.45, 2.75) is 25.3 Å². The van der Waals surface area contributed by atoms with Gasteiger partial charge in [-0.1, -0.05) is 23.7 Å². The van der Waals surface area contributed by atoms with Gasteiger partial charge in [-0.3, -0.25) is 4.79 Å². The van der Waals surface area contributed by atoms with Crippen LogP contribution in [0.15, 0.2) is 24.3 Å². The fraction of sp³-hybridized carbons (Fsp3) is 0.385. The van der Waals surface area contributed by atoms with Crippen LogP contribution in [-0.2, 0) is 16.0 Å². The standard InChI is InChI=1S/C13H14ClNO3/c14-10-5-3-9(4-6-10)8-12(16)15-7-1-2-11(15)13(17)18/h3-6,11H,1-2,7-8H2,(H,17,18)/t11-/m1/s1. The van der Waals surface area contributed by atoms with E-state index in [-0.39, 0.29) is 12.3 Å². The number of carboxylic acids is 1. The molecular weight excluding hydrogens is 254 g/mol. The average Bonchev–Trinajstić information content (AvgIpc) is 2.81. The van der Waals surface area contributed by atoms with Gasteiger partial charge in [0.25, 0.3) is 0 Å². The molecule has 1 amide bonds. The summed E-state index contributed by atoms with van der Waals surface area (Å²) < 4.78 is 0. The summed E-state index contributed by atoms with van der Waals surface area (Å²) in [5.41, 5.74) is 0.848. The predicted octanol–water partition coefficient (Wildman–Crippen LogP) is 1.96. The zero-order chi connectivity index (χ0) is 13.1. The minimum Gasteiger partial charge on any atom is -0.480 e. The Morgan fingerprint density at radius 1 is 1.33 bits per heavy atom. The lowest BCUT2D eigenvalue weighted by Gasteiger charge is -2.21. The van der Waals surface area contributed by atoms with Gasteiger partial charge < -0.3 is 10.0 Å². The number of hydrogen-bond acceptors (Lipinski definition) is 2. The molecule has 1 aliphatic heterocycles. The molecule has 0 unspecified atom stereocenters. The van der Waals surface area contributed by atoms with E-state index >= 15 is 0 Å². The second kappa shape index (κ2) is 5.40. The van der Waals surface area contributed by atoms with Crippen LogP contribution in [0.3, 0.4) is 0 Å². The van der Waals surface area contributed by atoms with Crippen molar-refractivity contribution in [1.29, 1.82) is 0 Å². The SMILES string of the molecule is O=C(O)[C@H]1CCCN1C(=O)Cc1ccc(Cl)cc1. The molecule has 96 valence electrons. The molecule has 5 heteroatoms. The van der Waals surface area contributed by atoms with Gasteiger partial charge in [0.1, 0.15) is 6.04 Å². The van der Waals surface area contributed by atoms with Gasteiger partial charge in [-0.15, -0.1) is 0 Å². The molecule has 1 heterocycles. The summed E-state index contributed by atoms with van der Waals surface area (Å²) in [4.78, 5) is 24.5. The molecule has 2 rings (SSSR count). The highest BCUT2D eigenvalue weighted by Crippen LogP contribution is 2.19. The highest BCUT2D eigenvalue weighted by Gasteiger charge is 2.33. The number of carboxylic acid groups (broad SMARTS) is 1. The number of benzene rings is 1. The number of amides is 1. The maximum atomic E-state index is 12.0. The summed E-state index contributed by atoms with van der Waals surface area (Å²) in [7, 11) is 0. The first kappa shape index (κ1) is 12.9. The molecule has 1 fully saturated rings. The zero-order valence-corrected chi connectivity index (χ0v) is 10.6. The maximum Gasteiger partial charge on any atom is 0.326 e. The van der Waals surface area contributed by atoms with Crippen molar-refractivity contribution in [3.63, 3.8) is 0 Å². The maximum absolute atomic E-state index is 12.0. The summed E-state index contributed by atoms with van der Waals surface area (Å²) in [6.07, 6.45) is 1.52. The van der Waals surface area contributed by atoms with Gasteiger partial charge in [-0.05, 0) is 30.5 Å². The Hall–Kier alpha value is -1.55. The lowest BCUT2D eigenvalue weighted by Crippen LogP contribution is -2.41. The largest absolute Gasteiger partial charge is 0.480 e. The molecule has 4 nitrogen and oxygen atoms in total. The topological polar surface area (TPSA) is 57.6 Å². The van der Waals surface area contributed by atoms with Crippen LogP contribution < -0.4 is 0 Å². The molecule has 1 N–H and O–H groups in total. The van der Waals surface area contributed by atoms with Crippen LogP contribution in [-0.4, -0.2) is 34.5 Å². The quantitative estimate of drug-likeness (QED) is 0.911. The van der Waals surface area contributed by atoms with E-state index in [1.165, 1.54) is 4.90 Å². The first-order chi connectivity index (χ1) is 8.58. The van der Waals surface area contributed by atoms with E-state index in [0.717, 1.165) is 12.0 Å². The third-order valence-electron chi connectivity index (χ3n) is 3.13. The molecule has 0 bridgehead atoms. The second-order valence-electron chi connectivity index (χ2n) is 4.39. The molecule has 0 saturated carbocycles. The average molecular weight is 268 g/mol. The molecule has 1 saturated heterocycles. The van der Waals surface area contributed by atoms with Gasteiger partial charge in [0.05, 0.1) is 6.42 Å². The van der Waals surface area contributed by atoms with Crippen LogP contribution >= 0.6 is 11.6 Å². The van der Waals surface area contributed by atoms with E-state index in [9.17, 15) is 9.59 Å². The molecule has 0 aromatic heterocycles. The normalized spacial score (nSPS) is 18.9. The Bertz CT molecular complexity index is 458. The number of aliphatic carboxylic acids is 1. The Morgan fingerprint density at radius 3 is 2.61 bits per heavy atom. The molecule has 1 atom stereocenters. The van der Waals surface area contributed by atoms with Crippen LogP contribution in [0.5, 0.6) is 0 Å². The number of halogens is 1. The highest BCUT2D eigenvalue weighted by molar-refractivity contribution is 6.30. The molecule has 0 radical (unpaired) electrons. The van der Waals surface area contributed by atoms with Crippen molar-refractivity contribution in [2.75, 3.05) is 6.54 Å². The van der Waals surface area contributed by atoms with Crippen LogP contribution in [0.25, 0.3) is 0 Å². The van der Waals surface area contributed by atoms with Gasteiger partial charge in [0.15, 0.2) is 0 Å². The summed E-state index contributed by atoms with van der Waals surface area (Å²) in [6, 6.07) is 6.36. The summed E-state index contributed by atoms with van der Waals surface area (Å²) in [5, 5.41) is 9.64. The lowest BCUT2D eigenvalue weighted by atomic mass is 10.1. The van der Waals surface area contributed by atoms with Crippen molar-refractivity contribution >= 4 is 23.5 Å².